The van der Waals surface area contributed by atoms with E-state index in [1.165, 1.54) is 0 Å². The van der Waals surface area contributed by atoms with Crippen LogP contribution in [0, 0.1) is 11.3 Å². The first-order valence-corrected chi connectivity index (χ1v) is 6.45. The van der Waals surface area contributed by atoms with Gasteiger partial charge in [0, 0.05) is 0 Å². The highest BCUT2D eigenvalue weighted by atomic mass is 35.5. The molecule has 4 atom stereocenters. The molecular formula is C12H18ClNO3. The fourth-order valence-electron chi connectivity index (χ4n) is 3.34. The molecule has 0 aromatic heterocycles. The standard InChI is InChI=1S/C12H18ClNO3/c1-11-4-2-3-5-12(11,17)9(13)8(15)7(6-11)10(14)16/h7,9,17H,2-6H2,1H3,(H2,14,16)/t7?,9-,11-,12+/m0/s1. The number of aliphatic hydroxyl groups is 1. The van der Waals surface area contributed by atoms with Crippen LogP contribution in [0.25, 0.3) is 0 Å². The van der Waals surface area contributed by atoms with Gasteiger partial charge in [-0.15, -0.1) is 11.6 Å². The number of ketones is 1. The van der Waals surface area contributed by atoms with E-state index in [4.69, 9.17) is 17.3 Å². The van der Waals surface area contributed by atoms with Crippen molar-refractivity contribution < 1.29 is 14.7 Å². The van der Waals surface area contributed by atoms with Crippen LogP contribution in [0.4, 0.5) is 0 Å². The molecule has 0 saturated heterocycles. The second kappa shape index (κ2) is 3.95. The molecule has 0 bridgehead atoms. The van der Waals surface area contributed by atoms with Crippen LogP contribution in [-0.4, -0.2) is 27.8 Å². The van der Waals surface area contributed by atoms with Crippen molar-refractivity contribution in [1.29, 1.82) is 0 Å². The van der Waals surface area contributed by atoms with Crippen LogP contribution in [0.5, 0.6) is 0 Å². The summed E-state index contributed by atoms with van der Waals surface area (Å²) in [7, 11) is 0. The number of nitrogens with two attached hydrogens (primary N) is 1. The van der Waals surface area contributed by atoms with Gasteiger partial charge in [-0.2, -0.15) is 0 Å². The van der Waals surface area contributed by atoms with E-state index in [-0.39, 0.29) is 0 Å². The molecular weight excluding hydrogens is 242 g/mol. The molecule has 2 fully saturated rings. The number of alkyl halides is 1. The average molecular weight is 260 g/mol. The molecule has 17 heavy (non-hydrogen) atoms. The molecule has 0 spiro atoms. The first-order valence-electron chi connectivity index (χ1n) is 6.01. The SMILES string of the molecule is C[C@@]12CCCC[C@@]1(O)[C@@H](Cl)C(=O)C(C(N)=O)C2. The van der Waals surface area contributed by atoms with E-state index in [1.54, 1.807) is 0 Å². The summed E-state index contributed by atoms with van der Waals surface area (Å²) in [6.45, 7) is 1.91. The topological polar surface area (TPSA) is 80.4 Å². The quantitative estimate of drug-likeness (QED) is 0.544. The maximum atomic E-state index is 12.0. The normalized spacial score (nSPS) is 46.4. The van der Waals surface area contributed by atoms with Crippen LogP contribution < -0.4 is 5.73 Å². The van der Waals surface area contributed by atoms with E-state index in [1.807, 2.05) is 6.92 Å². The third-order valence-corrected chi connectivity index (χ3v) is 5.17. The van der Waals surface area contributed by atoms with Crippen LogP contribution in [0.1, 0.15) is 39.0 Å². The fourth-order valence-corrected chi connectivity index (χ4v) is 3.87. The number of primary amides is 1. The number of carbonyl (C=O) groups excluding carboxylic acids is 2. The third-order valence-electron chi connectivity index (χ3n) is 4.59. The predicted molar refractivity (Wildman–Crippen MR) is 63.5 cm³/mol. The van der Waals surface area contributed by atoms with Gasteiger partial charge >= 0.3 is 0 Å². The summed E-state index contributed by atoms with van der Waals surface area (Å²) in [5.41, 5.74) is 3.58. The number of rotatable bonds is 1. The molecule has 0 radical (unpaired) electrons. The number of amides is 1. The van der Waals surface area contributed by atoms with Crippen LogP contribution in [0.3, 0.4) is 0 Å². The second-order valence-corrected chi connectivity index (χ2v) is 6.05. The Hall–Kier alpha value is -0.610. The summed E-state index contributed by atoms with van der Waals surface area (Å²) in [4.78, 5) is 23.3. The Morgan fingerprint density at radius 3 is 2.65 bits per heavy atom. The summed E-state index contributed by atoms with van der Waals surface area (Å²) < 4.78 is 0. The molecule has 5 heteroatoms. The van der Waals surface area contributed by atoms with Crippen molar-refractivity contribution in [2.45, 2.75) is 50.0 Å². The Morgan fingerprint density at radius 2 is 2.06 bits per heavy atom. The molecule has 0 aromatic carbocycles. The lowest BCUT2D eigenvalue weighted by Gasteiger charge is -2.54. The van der Waals surface area contributed by atoms with Gasteiger partial charge in [0.15, 0.2) is 5.78 Å². The fraction of sp³-hybridized carbons (Fsp3) is 0.833. The van der Waals surface area contributed by atoms with Gasteiger partial charge in [-0.1, -0.05) is 19.8 Å². The minimum Gasteiger partial charge on any atom is -0.387 e. The minimum absolute atomic E-state index is 0.320. The third kappa shape index (κ3) is 1.69. The minimum atomic E-state index is -1.18. The molecule has 1 amide bonds. The molecule has 0 aromatic rings. The van der Waals surface area contributed by atoms with Gasteiger partial charge in [0.2, 0.25) is 5.91 Å². The van der Waals surface area contributed by atoms with E-state index in [0.717, 1.165) is 19.3 Å². The van der Waals surface area contributed by atoms with Crippen molar-refractivity contribution >= 4 is 23.3 Å². The number of hydrogen-bond donors (Lipinski definition) is 2. The summed E-state index contributed by atoms with van der Waals surface area (Å²) in [6.07, 6.45) is 3.48. The summed E-state index contributed by atoms with van der Waals surface area (Å²) >= 11 is 6.10. The van der Waals surface area contributed by atoms with Crippen molar-refractivity contribution in [2.75, 3.05) is 0 Å². The van der Waals surface area contributed by atoms with Crippen molar-refractivity contribution in [3.63, 3.8) is 0 Å². The van der Waals surface area contributed by atoms with Crippen molar-refractivity contribution in [3.05, 3.63) is 0 Å². The van der Waals surface area contributed by atoms with Crippen molar-refractivity contribution in [2.24, 2.45) is 17.1 Å². The zero-order valence-electron chi connectivity index (χ0n) is 9.91. The molecule has 2 aliphatic rings. The molecule has 0 aliphatic heterocycles. The highest BCUT2D eigenvalue weighted by Crippen LogP contribution is 2.54. The summed E-state index contributed by atoms with van der Waals surface area (Å²) in [5.74, 6) is -1.89. The Bertz CT molecular complexity index is 373. The van der Waals surface area contributed by atoms with Gasteiger partial charge in [0.25, 0.3) is 0 Å². The molecule has 2 aliphatic carbocycles. The zero-order valence-corrected chi connectivity index (χ0v) is 10.7. The lowest BCUT2D eigenvalue weighted by Crippen LogP contribution is -2.64. The number of hydrogen-bond acceptors (Lipinski definition) is 3. The van der Waals surface area contributed by atoms with Gasteiger partial charge in [-0.3, -0.25) is 9.59 Å². The smallest absolute Gasteiger partial charge is 0.228 e. The second-order valence-electron chi connectivity index (χ2n) is 5.62. The maximum Gasteiger partial charge on any atom is 0.228 e. The van der Waals surface area contributed by atoms with Crippen molar-refractivity contribution in [1.82, 2.24) is 0 Å². The number of carbonyl (C=O) groups is 2. The molecule has 2 rings (SSSR count). The van der Waals surface area contributed by atoms with E-state index in [2.05, 4.69) is 0 Å². The van der Waals surface area contributed by atoms with Crippen LogP contribution in [0.2, 0.25) is 0 Å². The Balaban J connectivity index is 2.39. The van der Waals surface area contributed by atoms with E-state index < -0.39 is 34.0 Å². The largest absolute Gasteiger partial charge is 0.387 e. The Labute approximate surface area is 106 Å². The van der Waals surface area contributed by atoms with Gasteiger partial charge < -0.3 is 10.8 Å². The Morgan fingerprint density at radius 1 is 1.47 bits per heavy atom. The van der Waals surface area contributed by atoms with E-state index in [0.29, 0.717) is 12.8 Å². The molecule has 2 saturated carbocycles. The monoisotopic (exact) mass is 259 g/mol. The van der Waals surface area contributed by atoms with Gasteiger partial charge in [0.1, 0.15) is 5.38 Å². The van der Waals surface area contributed by atoms with Crippen LogP contribution in [-0.2, 0) is 9.59 Å². The summed E-state index contributed by atoms with van der Waals surface area (Å²) in [5, 5.41) is 9.67. The van der Waals surface area contributed by atoms with Gasteiger partial charge in [-0.05, 0) is 24.7 Å². The zero-order chi connectivity index (χ0) is 12.8. The lowest BCUT2D eigenvalue weighted by molar-refractivity contribution is -0.164. The highest BCUT2D eigenvalue weighted by molar-refractivity contribution is 6.34. The maximum absolute atomic E-state index is 12.0. The number of Topliss-reactive ketones (excluding diaryl/α,β-unsaturated/α-hetero) is 1. The molecule has 96 valence electrons. The van der Waals surface area contributed by atoms with Crippen molar-refractivity contribution in [3.8, 4) is 0 Å². The van der Waals surface area contributed by atoms with E-state index >= 15 is 0 Å². The lowest BCUT2D eigenvalue weighted by atomic mass is 9.54. The predicted octanol–water partition coefficient (Wildman–Crippen LogP) is 0.980. The van der Waals surface area contributed by atoms with Crippen LogP contribution >= 0.6 is 11.6 Å². The summed E-state index contributed by atoms with van der Waals surface area (Å²) in [6, 6.07) is 0. The van der Waals surface area contributed by atoms with Gasteiger partial charge in [-0.25, -0.2) is 0 Å². The molecule has 3 N–H and O–H groups in total. The first kappa shape index (κ1) is 12.8. The van der Waals surface area contributed by atoms with Crippen LogP contribution in [0.15, 0.2) is 0 Å². The molecule has 1 unspecified atom stereocenters. The Kier molecular flexibility index (Phi) is 2.99. The average Bonchev–Trinajstić information content (AvgIpc) is 2.27. The van der Waals surface area contributed by atoms with E-state index in [9.17, 15) is 14.7 Å². The molecule has 0 heterocycles. The van der Waals surface area contributed by atoms with Gasteiger partial charge in [0.05, 0.1) is 11.5 Å². The highest BCUT2D eigenvalue weighted by Gasteiger charge is 2.61. The molecule has 4 nitrogen and oxygen atoms in total. The number of halogens is 1. The number of fused-ring (bicyclic) bond motifs is 1. The first-order chi connectivity index (χ1) is 7.82.